The van der Waals surface area contributed by atoms with Crippen LogP contribution in [0.15, 0.2) is 34.7 Å². The van der Waals surface area contributed by atoms with Gasteiger partial charge in [0.05, 0.1) is 12.0 Å². The van der Waals surface area contributed by atoms with Crippen molar-refractivity contribution in [2.24, 2.45) is 0 Å². The molecule has 0 aliphatic heterocycles. The number of aliphatic hydroxyl groups excluding tert-OH is 1. The Balaban J connectivity index is 2.44. The van der Waals surface area contributed by atoms with Gasteiger partial charge in [0.25, 0.3) is 0 Å². The second-order valence-corrected chi connectivity index (χ2v) is 4.02. The van der Waals surface area contributed by atoms with Crippen molar-refractivity contribution >= 4 is 5.69 Å². The molecule has 1 aromatic heterocycles. The van der Waals surface area contributed by atoms with E-state index in [9.17, 15) is 15.2 Å². The Hall–Kier alpha value is -2.34. The number of ether oxygens (including phenoxy) is 1. The number of rotatable bonds is 4. The van der Waals surface area contributed by atoms with E-state index in [1.165, 1.54) is 19.2 Å². The van der Waals surface area contributed by atoms with Crippen LogP contribution in [0.1, 0.15) is 18.8 Å². The molecule has 19 heavy (non-hydrogen) atoms. The molecule has 6 nitrogen and oxygen atoms in total. The lowest BCUT2D eigenvalue weighted by Crippen LogP contribution is -1.93. The Kier molecular flexibility index (Phi) is 3.52. The Morgan fingerprint density at radius 2 is 2.11 bits per heavy atom. The molecule has 2 aromatic rings. The number of furan rings is 1. The fourth-order valence-electron chi connectivity index (χ4n) is 1.72. The van der Waals surface area contributed by atoms with E-state index in [2.05, 4.69) is 0 Å². The SMILES string of the molecule is COc1ccc(-c2ccc(C(C)O)o2)cc1[N+](=O)[O-]. The van der Waals surface area contributed by atoms with Gasteiger partial charge in [0.2, 0.25) is 0 Å². The fraction of sp³-hybridized carbons (Fsp3) is 0.231. The molecule has 1 aromatic carbocycles. The largest absolute Gasteiger partial charge is 0.490 e. The number of benzene rings is 1. The summed E-state index contributed by atoms with van der Waals surface area (Å²) in [6.07, 6.45) is -0.720. The number of nitro groups is 1. The third kappa shape index (κ3) is 2.58. The van der Waals surface area contributed by atoms with Crippen LogP contribution in [0.2, 0.25) is 0 Å². The van der Waals surface area contributed by atoms with Crippen molar-refractivity contribution in [3.05, 3.63) is 46.2 Å². The Labute approximate surface area is 109 Å². The van der Waals surface area contributed by atoms with Gasteiger partial charge in [0.15, 0.2) is 5.75 Å². The number of aliphatic hydroxyl groups is 1. The zero-order chi connectivity index (χ0) is 14.0. The van der Waals surface area contributed by atoms with E-state index in [4.69, 9.17) is 9.15 Å². The molecule has 6 heteroatoms. The first-order valence-corrected chi connectivity index (χ1v) is 5.63. The van der Waals surface area contributed by atoms with Gasteiger partial charge in [-0.05, 0) is 31.2 Å². The molecule has 0 aliphatic rings. The molecule has 0 radical (unpaired) electrons. The third-order valence-corrected chi connectivity index (χ3v) is 2.70. The fourth-order valence-corrected chi connectivity index (χ4v) is 1.72. The highest BCUT2D eigenvalue weighted by Gasteiger charge is 2.17. The van der Waals surface area contributed by atoms with Crippen LogP contribution >= 0.6 is 0 Å². The molecular weight excluding hydrogens is 250 g/mol. The molecule has 2 rings (SSSR count). The average molecular weight is 263 g/mol. The van der Waals surface area contributed by atoms with Crippen LogP contribution < -0.4 is 4.74 Å². The summed E-state index contributed by atoms with van der Waals surface area (Å²) >= 11 is 0. The van der Waals surface area contributed by atoms with Crippen molar-refractivity contribution in [1.82, 2.24) is 0 Å². The lowest BCUT2D eigenvalue weighted by atomic mass is 10.1. The standard InChI is InChI=1S/C13H13NO5/c1-8(15)11-5-6-12(19-11)9-3-4-13(18-2)10(7-9)14(16)17/h3-8,15H,1-2H3. The van der Waals surface area contributed by atoms with Gasteiger partial charge in [-0.2, -0.15) is 0 Å². The van der Waals surface area contributed by atoms with E-state index < -0.39 is 11.0 Å². The Morgan fingerprint density at radius 1 is 1.37 bits per heavy atom. The molecule has 0 spiro atoms. The van der Waals surface area contributed by atoms with E-state index in [1.807, 2.05) is 0 Å². The molecule has 0 bridgehead atoms. The maximum Gasteiger partial charge on any atom is 0.311 e. The van der Waals surface area contributed by atoms with E-state index in [1.54, 1.807) is 25.1 Å². The van der Waals surface area contributed by atoms with Gasteiger partial charge < -0.3 is 14.3 Å². The van der Waals surface area contributed by atoms with Crippen molar-refractivity contribution in [2.75, 3.05) is 7.11 Å². The lowest BCUT2D eigenvalue weighted by molar-refractivity contribution is -0.385. The number of nitro benzene ring substituents is 1. The van der Waals surface area contributed by atoms with Gasteiger partial charge in [-0.25, -0.2) is 0 Å². The zero-order valence-electron chi connectivity index (χ0n) is 10.5. The van der Waals surface area contributed by atoms with Crippen LogP contribution in [0.5, 0.6) is 5.75 Å². The van der Waals surface area contributed by atoms with Crippen molar-refractivity contribution in [1.29, 1.82) is 0 Å². The van der Waals surface area contributed by atoms with Crippen LogP contribution in [-0.2, 0) is 0 Å². The lowest BCUT2D eigenvalue weighted by Gasteiger charge is -2.03. The number of nitrogens with zero attached hydrogens (tertiary/aromatic N) is 1. The highest BCUT2D eigenvalue weighted by molar-refractivity contribution is 5.65. The molecular formula is C13H13NO5. The van der Waals surface area contributed by atoms with Crippen molar-refractivity contribution < 1.29 is 19.2 Å². The van der Waals surface area contributed by atoms with Crippen LogP contribution in [-0.4, -0.2) is 17.1 Å². The molecule has 1 atom stereocenters. The van der Waals surface area contributed by atoms with Gasteiger partial charge in [-0.3, -0.25) is 10.1 Å². The minimum atomic E-state index is -0.720. The molecule has 1 heterocycles. The number of methoxy groups -OCH3 is 1. The summed E-state index contributed by atoms with van der Waals surface area (Å²) in [6.45, 7) is 1.58. The molecule has 1 N–H and O–H groups in total. The molecule has 0 amide bonds. The maximum absolute atomic E-state index is 10.9. The Morgan fingerprint density at radius 3 is 2.63 bits per heavy atom. The van der Waals surface area contributed by atoms with Crippen molar-refractivity contribution in [3.8, 4) is 17.1 Å². The summed E-state index contributed by atoms with van der Waals surface area (Å²) in [7, 11) is 1.38. The predicted molar refractivity (Wildman–Crippen MR) is 68.0 cm³/mol. The van der Waals surface area contributed by atoms with Gasteiger partial charge >= 0.3 is 5.69 Å². The smallest absolute Gasteiger partial charge is 0.311 e. The molecule has 100 valence electrons. The third-order valence-electron chi connectivity index (χ3n) is 2.70. The summed E-state index contributed by atoms with van der Waals surface area (Å²) in [4.78, 5) is 10.4. The van der Waals surface area contributed by atoms with E-state index in [0.717, 1.165) is 0 Å². The van der Waals surface area contributed by atoms with E-state index >= 15 is 0 Å². The summed E-state index contributed by atoms with van der Waals surface area (Å²) in [6, 6.07) is 7.85. The minimum Gasteiger partial charge on any atom is -0.490 e. The summed E-state index contributed by atoms with van der Waals surface area (Å²) in [5.41, 5.74) is 0.425. The summed E-state index contributed by atoms with van der Waals surface area (Å²) in [5, 5.41) is 20.3. The van der Waals surface area contributed by atoms with Crippen LogP contribution in [0, 0.1) is 10.1 Å². The number of hydrogen-bond donors (Lipinski definition) is 1. The van der Waals surface area contributed by atoms with E-state index in [-0.39, 0.29) is 11.4 Å². The molecule has 0 saturated heterocycles. The highest BCUT2D eigenvalue weighted by atomic mass is 16.6. The van der Waals surface area contributed by atoms with Crippen LogP contribution in [0.25, 0.3) is 11.3 Å². The van der Waals surface area contributed by atoms with Crippen molar-refractivity contribution in [2.45, 2.75) is 13.0 Å². The summed E-state index contributed by atoms with van der Waals surface area (Å²) in [5.74, 6) is 1.06. The minimum absolute atomic E-state index is 0.130. The molecule has 0 aliphatic carbocycles. The first-order chi connectivity index (χ1) is 9.02. The van der Waals surface area contributed by atoms with Crippen molar-refractivity contribution in [3.63, 3.8) is 0 Å². The van der Waals surface area contributed by atoms with Crippen LogP contribution in [0.3, 0.4) is 0 Å². The second-order valence-electron chi connectivity index (χ2n) is 4.02. The normalized spacial score (nSPS) is 12.2. The molecule has 0 saturated carbocycles. The zero-order valence-corrected chi connectivity index (χ0v) is 10.5. The predicted octanol–water partition coefficient (Wildman–Crippen LogP) is 2.92. The summed E-state index contributed by atoms with van der Waals surface area (Å²) < 4.78 is 10.4. The topological polar surface area (TPSA) is 85.7 Å². The Bertz CT molecular complexity index is 603. The maximum atomic E-state index is 10.9. The number of hydrogen-bond acceptors (Lipinski definition) is 5. The highest BCUT2D eigenvalue weighted by Crippen LogP contribution is 2.33. The molecule has 0 fully saturated rings. The monoisotopic (exact) mass is 263 g/mol. The first-order valence-electron chi connectivity index (χ1n) is 5.63. The second kappa shape index (κ2) is 5.11. The molecule has 1 unspecified atom stereocenters. The van der Waals surface area contributed by atoms with E-state index in [0.29, 0.717) is 17.1 Å². The van der Waals surface area contributed by atoms with Gasteiger partial charge in [0.1, 0.15) is 17.6 Å². The quantitative estimate of drug-likeness (QED) is 0.677. The van der Waals surface area contributed by atoms with Gasteiger partial charge in [-0.15, -0.1) is 0 Å². The van der Waals surface area contributed by atoms with Gasteiger partial charge in [0, 0.05) is 11.6 Å². The van der Waals surface area contributed by atoms with Gasteiger partial charge in [-0.1, -0.05) is 0 Å². The average Bonchev–Trinajstić information content (AvgIpc) is 2.87. The van der Waals surface area contributed by atoms with Crippen LogP contribution in [0.4, 0.5) is 5.69 Å². The first kappa shape index (κ1) is 13.1.